The van der Waals surface area contributed by atoms with Crippen molar-refractivity contribution in [1.82, 2.24) is 15.1 Å². The summed E-state index contributed by atoms with van der Waals surface area (Å²) in [7, 11) is 3.28. The Bertz CT molecular complexity index is 1080. The zero-order valence-electron chi connectivity index (χ0n) is 20.9. The number of fused-ring (bicyclic) bond motifs is 3. The number of nitrogens with one attached hydrogen (secondary N) is 1. The molecule has 2 aliphatic rings. The minimum Gasteiger partial charge on any atom is -0.449 e. The lowest BCUT2D eigenvalue weighted by atomic mass is 9.98. The van der Waals surface area contributed by atoms with Gasteiger partial charge in [0.1, 0.15) is 18.2 Å². The summed E-state index contributed by atoms with van der Waals surface area (Å²) in [4.78, 5) is 41.0. The number of carbonyl (C=O) groups excluding carboxylic acids is 3. The summed E-state index contributed by atoms with van der Waals surface area (Å²) >= 11 is 0. The van der Waals surface area contributed by atoms with Crippen molar-refractivity contribution in [3.8, 4) is 11.1 Å². The van der Waals surface area contributed by atoms with Crippen LogP contribution in [0.5, 0.6) is 0 Å². The van der Waals surface area contributed by atoms with Crippen molar-refractivity contribution in [3.63, 3.8) is 0 Å². The number of likely N-dealkylation sites (N-methyl/N-ethyl adjacent to an activating group) is 1. The Hall–Kier alpha value is -3.55. The monoisotopic (exact) mass is 479 g/mol. The molecule has 3 amide bonds. The van der Waals surface area contributed by atoms with E-state index in [0.717, 1.165) is 22.3 Å². The van der Waals surface area contributed by atoms with Crippen LogP contribution in [-0.4, -0.2) is 72.8 Å². The average Bonchev–Trinajstić information content (AvgIpc) is 3.35. The van der Waals surface area contributed by atoms with E-state index in [9.17, 15) is 14.4 Å². The van der Waals surface area contributed by atoms with E-state index in [1.165, 1.54) is 9.80 Å². The van der Waals surface area contributed by atoms with Crippen molar-refractivity contribution in [2.75, 3.05) is 27.2 Å². The van der Waals surface area contributed by atoms with Gasteiger partial charge in [-0.1, -0.05) is 48.5 Å². The molecule has 1 N–H and O–H groups in total. The number of nitrogens with zero attached hydrogens (tertiary/aromatic N) is 2. The van der Waals surface area contributed by atoms with Gasteiger partial charge in [0.15, 0.2) is 0 Å². The van der Waals surface area contributed by atoms with E-state index >= 15 is 0 Å². The molecule has 1 fully saturated rings. The van der Waals surface area contributed by atoms with Crippen LogP contribution in [0.1, 0.15) is 44.2 Å². The van der Waals surface area contributed by atoms with Crippen molar-refractivity contribution in [2.24, 2.45) is 0 Å². The van der Waals surface area contributed by atoms with Gasteiger partial charge in [0.25, 0.3) is 0 Å². The standard InChI is InChI=1S/C27H33N3O5/c1-27(2,3)35-26(33)30-15-17(14-23(30)24(31)29(4)5)28-25(32)34-16-22-20-12-8-6-10-18(20)19-11-7-9-13-21(19)22/h6-13,17,22-23H,14-16H2,1-5H3,(H,28,32)/t17-,23+/m1/s1. The maximum atomic E-state index is 12.8. The average molecular weight is 480 g/mol. The Morgan fingerprint density at radius 3 is 2.11 bits per heavy atom. The predicted octanol–water partition coefficient (Wildman–Crippen LogP) is 3.99. The van der Waals surface area contributed by atoms with Crippen molar-refractivity contribution in [1.29, 1.82) is 0 Å². The fraction of sp³-hybridized carbons (Fsp3) is 0.444. The lowest BCUT2D eigenvalue weighted by molar-refractivity contribution is -0.133. The molecule has 0 spiro atoms. The number of benzene rings is 2. The molecule has 8 heteroatoms. The Kier molecular flexibility index (Phi) is 6.74. The first-order valence-electron chi connectivity index (χ1n) is 11.9. The highest BCUT2D eigenvalue weighted by molar-refractivity contribution is 5.86. The predicted molar refractivity (Wildman–Crippen MR) is 132 cm³/mol. The molecule has 1 saturated heterocycles. The Morgan fingerprint density at radius 1 is 1.00 bits per heavy atom. The Balaban J connectivity index is 1.41. The summed E-state index contributed by atoms with van der Waals surface area (Å²) in [6, 6.07) is 15.2. The topological polar surface area (TPSA) is 88.2 Å². The van der Waals surface area contributed by atoms with Gasteiger partial charge in [-0.2, -0.15) is 0 Å². The molecule has 1 heterocycles. The van der Waals surface area contributed by atoms with Crippen molar-refractivity contribution >= 4 is 18.1 Å². The molecule has 0 unspecified atom stereocenters. The SMILES string of the molecule is CN(C)C(=O)[C@@H]1C[C@@H](NC(=O)OCC2c3ccccc3-c3ccccc32)CN1C(=O)OC(C)(C)C. The largest absolute Gasteiger partial charge is 0.449 e. The molecule has 35 heavy (non-hydrogen) atoms. The first-order valence-corrected chi connectivity index (χ1v) is 11.9. The number of alkyl carbamates (subject to hydrolysis) is 1. The van der Waals surface area contributed by atoms with Gasteiger partial charge in [0.05, 0.1) is 6.04 Å². The third kappa shape index (κ3) is 5.26. The van der Waals surface area contributed by atoms with E-state index in [2.05, 4.69) is 29.6 Å². The van der Waals surface area contributed by atoms with E-state index in [1.807, 2.05) is 24.3 Å². The molecular formula is C27H33N3O5. The number of amides is 3. The molecule has 0 aromatic heterocycles. The lowest BCUT2D eigenvalue weighted by Gasteiger charge is -2.29. The third-order valence-corrected chi connectivity index (χ3v) is 6.32. The first kappa shape index (κ1) is 24.6. The summed E-state index contributed by atoms with van der Waals surface area (Å²) in [6.07, 6.45) is -0.853. The maximum absolute atomic E-state index is 12.8. The molecule has 186 valence electrons. The zero-order chi connectivity index (χ0) is 25.3. The third-order valence-electron chi connectivity index (χ3n) is 6.32. The van der Waals surface area contributed by atoms with E-state index in [0.29, 0.717) is 6.42 Å². The highest BCUT2D eigenvalue weighted by atomic mass is 16.6. The van der Waals surface area contributed by atoms with E-state index in [1.54, 1.807) is 34.9 Å². The van der Waals surface area contributed by atoms with Gasteiger partial charge < -0.3 is 19.7 Å². The van der Waals surface area contributed by atoms with Gasteiger partial charge in [-0.3, -0.25) is 9.69 Å². The lowest BCUT2D eigenvalue weighted by Crippen LogP contribution is -2.47. The number of hydrogen-bond acceptors (Lipinski definition) is 5. The zero-order valence-corrected chi connectivity index (χ0v) is 20.9. The molecule has 2 aromatic carbocycles. The van der Waals surface area contributed by atoms with Gasteiger partial charge in [0.2, 0.25) is 5.91 Å². The van der Waals surface area contributed by atoms with E-state index in [-0.39, 0.29) is 25.0 Å². The second-order valence-electron chi connectivity index (χ2n) is 10.3. The smallest absolute Gasteiger partial charge is 0.411 e. The summed E-state index contributed by atoms with van der Waals surface area (Å²) in [5.74, 6) is -0.259. The van der Waals surface area contributed by atoms with Crippen LogP contribution < -0.4 is 5.32 Å². The molecule has 4 rings (SSSR count). The van der Waals surface area contributed by atoms with Crippen LogP contribution in [0.25, 0.3) is 11.1 Å². The van der Waals surface area contributed by atoms with Crippen molar-refractivity contribution in [2.45, 2.75) is 50.8 Å². The summed E-state index contributed by atoms with van der Waals surface area (Å²) in [6.45, 7) is 5.69. The van der Waals surface area contributed by atoms with E-state index in [4.69, 9.17) is 9.47 Å². The first-order chi connectivity index (χ1) is 16.5. The number of hydrogen-bond donors (Lipinski definition) is 1. The van der Waals surface area contributed by atoms with Gasteiger partial charge >= 0.3 is 12.2 Å². The second-order valence-corrected chi connectivity index (χ2v) is 10.3. The molecule has 8 nitrogen and oxygen atoms in total. The maximum Gasteiger partial charge on any atom is 0.411 e. The molecule has 0 saturated carbocycles. The fourth-order valence-electron chi connectivity index (χ4n) is 4.80. The number of likely N-dealkylation sites (tertiary alicyclic amines) is 1. The molecule has 0 bridgehead atoms. The van der Waals surface area contributed by atoms with Gasteiger partial charge in [-0.25, -0.2) is 9.59 Å². The van der Waals surface area contributed by atoms with Crippen molar-refractivity contribution < 1.29 is 23.9 Å². The van der Waals surface area contributed by atoms with Crippen LogP contribution in [0.15, 0.2) is 48.5 Å². The Labute approximate surface area is 206 Å². The molecule has 1 aliphatic carbocycles. The number of ether oxygens (including phenoxy) is 2. The van der Waals surface area contributed by atoms with Crippen LogP contribution in [0.3, 0.4) is 0 Å². The normalized spacial score (nSPS) is 19.1. The van der Waals surface area contributed by atoms with Crippen LogP contribution in [-0.2, 0) is 14.3 Å². The van der Waals surface area contributed by atoms with Crippen molar-refractivity contribution in [3.05, 3.63) is 59.7 Å². The van der Waals surface area contributed by atoms with Gasteiger partial charge in [-0.15, -0.1) is 0 Å². The molecule has 0 radical (unpaired) electrons. The van der Waals surface area contributed by atoms with Crippen LogP contribution in [0.2, 0.25) is 0 Å². The van der Waals surface area contributed by atoms with Crippen LogP contribution in [0.4, 0.5) is 9.59 Å². The highest BCUT2D eigenvalue weighted by Crippen LogP contribution is 2.44. The van der Waals surface area contributed by atoms with Gasteiger partial charge in [0, 0.05) is 26.6 Å². The second kappa shape index (κ2) is 9.60. The quantitative estimate of drug-likeness (QED) is 0.716. The minimum atomic E-state index is -0.710. The Morgan fingerprint density at radius 2 is 1.57 bits per heavy atom. The molecule has 2 atom stereocenters. The highest BCUT2D eigenvalue weighted by Gasteiger charge is 2.43. The summed E-state index contributed by atoms with van der Waals surface area (Å²) in [5.41, 5.74) is 3.89. The van der Waals surface area contributed by atoms with Crippen LogP contribution >= 0.6 is 0 Å². The molecule has 2 aromatic rings. The number of rotatable bonds is 4. The fourth-order valence-corrected chi connectivity index (χ4v) is 4.80. The molecular weight excluding hydrogens is 446 g/mol. The van der Waals surface area contributed by atoms with Gasteiger partial charge in [-0.05, 0) is 49.4 Å². The van der Waals surface area contributed by atoms with Crippen LogP contribution in [0, 0.1) is 0 Å². The summed E-state index contributed by atoms with van der Waals surface area (Å²) < 4.78 is 11.1. The molecule has 1 aliphatic heterocycles. The minimum absolute atomic E-state index is 0.0435. The summed E-state index contributed by atoms with van der Waals surface area (Å²) in [5, 5.41) is 2.84. The van der Waals surface area contributed by atoms with E-state index < -0.39 is 29.9 Å². The number of carbonyl (C=O) groups is 3.